The van der Waals surface area contributed by atoms with Crippen molar-refractivity contribution in [3.8, 4) is 0 Å². The predicted molar refractivity (Wildman–Crippen MR) is 55.8 cm³/mol. The van der Waals surface area contributed by atoms with E-state index in [0.717, 1.165) is 0 Å². The lowest BCUT2D eigenvalue weighted by molar-refractivity contribution is -0.170. The quantitative estimate of drug-likeness (QED) is 0.775. The Labute approximate surface area is 98.5 Å². The number of alkyl carbamates (subject to hydrolysis) is 1. The number of hydrogen-bond donors (Lipinski definition) is 1. The van der Waals surface area contributed by atoms with Crippen LogP contribution in [0.4, 0.5) is 13.6 Å². The van der Waals surface area contributed by atoms with Gasteiger partial charge in [-0.3, -0.25) is 0 Å². The maximum atomic E-state index is 13.1. The third kappa shape index (κ3) is 6.70. The van der Waals surface area contributed by atoms with Crippen molar-refractivity contribution in [2.24, 2.45) is 0 Å². The molecule has 0 atom stereocenters. The number of halogens is 2. The minimum Gasteiger partial charge on any atom is -0.462 e. The van der Waals surface area contributed by atoms with Gasteiger partial charge in [-0.15, -0.1) is 0 Å². The van der Waals surface area contributed by atoms with Gasteiger partial charge in [-0.25, -0.2) is 9.59 Å². The first kappa shape index (κ1) is 15.6. The van der Waals surface area contributed by atoms with Gasteiger partial charge in [-0.2, -0.15) is 8.78 Å². The summed E-state index contributed by atoms with van der Waals surface area (Å²) >= 11 is 0. The van der Waals surface area contributed by atoms with E-state index in [1.807, 2.05) is 0 Å². The summed E-state index contributed by atoms with van der Waals surface area (Å²) in [5.74, 6) is -5.43. The molecule has 0 rings (SSSR count). The zero-order valence-electron chi connectivity index (χ0n) is 10.3. The van der Waals surface area contributed by atoms with Crippen LogP contribution in [-0.4, -0.2) is 36.7 Å². The van der Waals surface area contributed by atoms with Crippen LogP contribution >= 0.6 is 0 Å². The fourth-order valence-corrected chi connectivity index (χ4v) is 0.806. The highest BCUT2D eigenvalue weighted by molar-refractivity contribution is 5.79. The number of alkyl halides is 2. The van der Waals surface area contributed by atoms with Crippen molar-refractivity contribution in [2.45, 2.75) is 39.2 Å². The Kier molecular flexibility index (Phi) is 5.31. The standard InChI is InChI=1S/C10H17F2NO4/c1-5-16-7(14)10(11,12)6-13-8(15)17-9(2,3)4/h5-6H2,1-4H3,(H,13,15). The van der Waals surface area contributed by atoms with Crippen LogP contribution in [0.1, 0.15) is 27.7 Å². The number of hydrogen-bond acceptors (Lipinski definition) is 4. The van der Waals surface area contributed by atoms with Crippen LogP contribution in [0.5, 0.6) is 0 Å². The van der Waals surface area contributed by atoms with Crippen LogP contribution in [-0.2, 0) is 14.3 Å². The zero-order valence-corrected chi connectivity index (χ0v) is 10.3. The normalized spacial score (nSPS) is 11.9. The summed E-state index contributed by atoms with van der Waals surface area (Å²) in [7, 11) is 0. The van der Waals surface area contributed by atoms with Crippen molar-refractivity contribution in [1.29, 1.82) is 0 Å². The molecule has 7 heteroatoms. The number of nitrogens with one attached hydrogen (secondary N) is 1. The molecule has 0 aromatic carbocycles. The van der Waals surface area contributed by atoms with Crippen LogP contribution in [0, 0.1) is 0 Å². The van der Waals surface area contributed by atoms with Gasteiger partial charge in [0.2, 0.25) is 0 Å². The topological polar surface area (TPSA) is 64.6 Å². The third-order valence-corrected chi connectivity index (χ3v) is 1.43. The summed E-state index contributed by atoms with van der Waals surface area (Å²) in [6.07, 6.45) is -1.01. The molecule has 1 N–H and O–H groups in total. The van der Waals surface area contributed by atoms with Crippen LogP contribution in [0.15, 0.2) is 0 Å². The Bertz CT molecular complexity index is 287. The first-order valence-corrected chi connectivity index (χ1v) is 5.10. The number of carbonyl (C=O) groups is 2. The Balaban J connectivity index is 4.18. The fraction of sp³-hybridized carbons (Fsp3) is 0.800. The monoisotopic (exact) mass is 253 g/mol. The van der Waals surface area contributed by atoms with Crippen molar-refractivity contribution in [1.82, 2.24) is 5.32 Å². The molecule has 0 aliphatic rings. The average Bonchev–Trinajstić information content (AvgIpc) is 2.12. The van der Waals surface area contributed by atoms with Gasteiger partial charge >= 0.3 is 18.0 Å². The van der Waals surface area contributed by atoms with E-state index in [0.29, 0.717) is 0 Å². The summed E-state index contributed by atoms with van der Waals surface area (Å²) in [5, 5.41) is 1.81. The molecule has 0 saturated heterocycles. The van der Waals surface area contributed by atoms with Crippen molar-refractivity contribution < 1.29 is 27.8 Å². The molecular weight excluding hydrogens is 236 g/mol. The summed E-state index contributed by atoms with van der Waals surface area (Å²) in [5.41, 5.74) is -0.788. The number of esters is 1. The smallest absolute Gasteiger partial charge is 0.407 e. The zero-order chi connectivity index (χ0) is 13.7. The lowest BCUT2D eigenvalue weighted by atomic mass is 10.2. The van der Waals surface area contributed by atoms with E-state index in [1.165, 1.54) is 6.92 Å². The molecule has 0 aliphatic carbocycles. The number of rotatable bonds is 4. The van der Waals surface area contributed by atoms with Gasteiger partial charge in [0.15, 0.2) is 0 Å². The number of carbonyl (C=O) groups excluding carboxylic acids is 2. The molecule has 5 nitrogen and oxygen atoms in total. The highest BCUT2D eigenvalue weighted by Gasteiger charge is 2.41. The maximum absolute atomic E-state index is 13.1. The number of amides is 1. The van der Waals surface area contributed by atoms with E-state index in [2.05, 4.69) is 4.74 Å². The van der Waals surface area contributed by atoms with Crippen LogP contribution < -0.4 is 5.32 Å². The SMILES string of the molecule is CCOC(=O)C(F)(F)CNC(=O)OC(C)(C)C. The molecule has 1 amide bonds. The summed E-state index contributed by atoms with van der Waals surface area (Å²) < 4.78 is 35.0. The molecule has 0 heterocycles. The van der Waals surface area contributed by atoms with Gasteiger partial charge in [-0.1, -0.05) is 0 Å². The largest absolute Gasteiger partial charge is 0.462 e. The van der Waals surface area contributed by atoms with Gasteiger partial charge < -0.3 is 14.8 Å². The van der Waals surface area contributed by atoms with E-state index in [-0.39, 0.29) is 6.61 Å². The van der Waals surface area contributed by atoms with Gasteiger partial charge in [0.05, 0.1) is 13.2 Å². The Morgan fingerprint density at radius 1 is 1.24 bits per heavy atom. The molecule has 0 saturated carbocycles. The van der Waals surface area contributed by atoms with Gasteiger partial charge in [0.25, 0.3) is 0 Å². The van der Waals surface area contributed by atoms with E-state index in [4.69, 9.17) is 4.74 Å². The molecule has 17 heavy (non-hydrogen) atoms. The summed E-state index contributed by atoms with van der Waals surface area (Å²) in [6, 6.07) is 0. The van der Waals surface area contributed by atoms with Crippen molar-refractivity contribution in [3.63, 3.8) is 0 Å². The van der Waals surface area contributed by atoms with Crippen LogP contribution in [0.25, 0.3) is 0 Å². The van der Waals surface area contributed by atoms with E-state index >= 15 is 0 Å². The second-order valence-electron chi connectivity index (χ2n) is 4.28. The molecule has 0 bridgehead atoms. The highest BCUT2D eigenvalue weighted by Crippen LogP contribution is 2.14. The molecular formula is C10H17F2NO4. The number of ether oxygens (including phenoxy) is 2. The van der Waals surface area contributed by atoms with Crippen molar-refractivity contribution >= 4 is 12.1 Å². The average molecular weight is 253 g/mol. The Hall–Kier alpha value is -1.40. The molecule has 0 aromatic rings. The van der Waals surface area contributed by atoms with E-state index in [9.17, 15) is 18.4 Å². The second kappa shape index (κ2) is 5.79. The molecule has 0 aliphatic heterocycles. The third-order valence-electron chi connectivity index (χ3n) is 1.43. The van der Waals surface area contributed by atoms with Crippen molar-refractivity contribution in [3.05, 3.63) is 0 Å². The first-order valence-electron chi connectivity index (χ1n) is 5.10. The van der Waals surface area contributed by atoms with E-state index < -0.39 is 30.1 Å². The Morgan fingerprint density at radius 2 is 1.76 bits per heavy atom. The fourth-order valence-electron chi connectivity index (χ4n) is 0.806. The van der Waals surface area contributed by atoms with Crippen molar-refractivity contribution in [2.75, 3.05) is 13.2 Å². The molecule has 0 spiro atoms. The summed E-state index contributed by atoms with van der Waals surface area (Å²) in [6.45, 7) is 4.89. The minimum atomic E-state index is -3.76. The second-order valence-corrected chi connectivity index (χ2v) is 4.28. The maximum Gasteiger partial charge on any atom is 0.407 e. The van der Waals surface area contributed by atoms with Gasteiger partial charge in [0.1, 0.15) is 5.60 Å². The van der Waals surface area contributed by atoms with Crippen LogP contribution in [0.3, 0.4) is 0 Å². The lowest BCUT2D eigenvalue weighted by Gasteiger charge is -2.21. The molecule has 0 radical (unpaired) electrons. The first-order chi connectivity index (χ1) is 7.58. The highest BCUT2D eigenvalue weighted by atomic mass is 19.3. The lowest BCUT2D eigenvalue weighted by Crippen LogP contribution is -2.44. The minimum absolute atomic E-state index is 0.152. The molecule has 0 fully saturated rings. The summed E-state index contributed by atoms with van der Waals surface area (Å²) in [4.78, 5) is 21.9. The van der Waals surface area contributed by atoms with Gasteiger partial charge in [-0.05, 0) is 27.7 Å². The molecule has 0 unspecified atom stereocenters. The molecule has 100 valence electrons. The molecule has 0 aromatic heterocycles. The Morgan fingerprint density at radius 3 is 2.18 bits per heavy atom. The van der Waals surface area contributed by atoms with E-state index in [1.54, 1.807) is 26.1 Å². The predicted octanol–water partition coefficient (Wildman–Crippen LogP) is 1.71. The van der Waals surface area contributed by atoms with Crippen LogP contribution in [0.2, 0.25) is 0 Å². The van der Waals surface area contributed by atoms with Gasteiger partial charge in [0, 0.05) is 0 Å².